The molecule has 0 saturated carbocycles. The molecule has 0 bridgehead atoms. The van der Waals surface area contributed by atoms with Crippen LogP contribution < -0.4 is 10.1 Å². The van der Waals surface area contributed by atoms with Gasteiger partial charge in [0, 0.05) is 10.9 Å². The minimum absolute atomic E-state index is 0.131. The number of thiophene rings is 1. The number of rotatable bonds is 6. The fraction of sp³-hybridized carbons (Fsp3) is 0.381. The van der Waals surface area contributed by atoms with Gasteiger partial charge in [0.2, 0.25) is 5.91 Å². The largest absolute Gasteiger partial charge is 0.494 e. The Morgan fingerprint density at radius 2 is 2.38 bits per heavy atom. The average molecular weight is 427 g/mol. The minimum atomic E-state index is -0.131. The molecule has 4 rings (SSSR count). The molecule has 2 aromatic heterocycles. The molecule has 1 aliphatic rings. The fourth-order valence-corrected chi connectivity index (χ4v) is 5.61. The van der Waals surface area contributed by atoms with Crippen LogP contribution in [0.25, 0.3) is 11.0 Å². The molecule has 1 aliphatic carbocycles. The van der Waals surface area contributed by atoms with Crippen molar-refractivity contribution >= 4 is 45.0 Å². The van der Waals surface area contributed by atoms with E-state index in [0.717, 1.165) is 41.6 Å². The number of carbonyl (C=O) groups excluding carboxylic acids is 1. The van der Waals surface area contributed by atoms with Gasteiger partial charge < -0.3 is 15.0 Å². The Bertz CT molecular complexity index is 1100. The van der Waals surface area contributed by atoms with E-state index in [-0.39, 0.29) is 11.7 Å². The lowest BCUT2D eigenvalue weighted by Crippen LogP contribution is -2.14. The maximum atomic E-state index is 12.5. The van der Waals surface area contributed by atoms with Crippen LogP contribution in [0.15, 0.2) is 23.4 Å². The monoisotopic (exact) mass is 426 g/mol. The maximum Gasteiger partial charge on any atom is 0.235 e. The number of amides is 1. The van der Waals surface area contributed by atoms with E-state index in [0.29, 0.717) is 28.2 Å². The number of nitrogens with zero attached hydrogens (tertiary/aromatic N) is 2. The molecule has 1 atom stereocenters. The van der Waals surface area contributed by atoms with E-state index >= 15 is 0 Å². The first-order chi connectivity index (χ1) is 14.1. The minimum Gasteiger partial charge on any atom is -0.494 e. The maximum absolute atomic E-state index is 12.5. The second-order valence-electron chi connectivity index (χ2n) is 7.16. The zero-order valence-electron chi connectivity index (χ0n) is 16.4. The van der Waals surface area contributed by atoms with E-state index in [1.54, 1.807) is 11.3 Å². The Kier molecular flexibility index (Phi) is 5.79. The van der Waals surface area contributed by atoms with Gasteiger partial charge in [-0.1, -0.05) is 18.7 Å². The lowest BCUT2D eigenvalue weighted by molar-refractivity contribution is -0.113. The van der Waals surface area contributed by atoms with E-state index in [1.807, 2.05) is 25.1 Å². The van der Waals surface area contributed by atoms with Crippen molar-refractivity contribution in [2.75, 3.05) is 17.7 Å². The third-order valence-corrected chi connectivity index (χ3v) is 7.00. The summed E-state index contributed by atoms with van der Waals surface area (Å²) in [6.45, 7) is 4.78. The van der Waals surface area contributed by atoms with E-state index < -0.39 is 0 Å². The molecule has 0 spiro atoms. The molecule has 0 fully saturated rings. The van der Waals surface area contributed by atoms with Crippen molar-refractivity contribution in [1.29, 1.82) is 5.26 Å². The smallest absolute Gasteiger partial charge is 0.235 e. The molecule has 1 amide bonds. The molecule has 0 radical (unpaired) electrons. The summed E-state index contributed by atoms with van der Waals surface area (Å²) in [4.78, 5) is 21.5. The highest BCUT2D eigenvalue weighted by atomic mass is 32.2. The zero-order chi connectivity index (χ0) is 20.4. The number of anilines is 1. The van der Waals surface area contributed by atoms with Crippen LogP contribution in [0.2, 0.25) is 0 Å². The van der Waals surface area contributed by atoms with Crippen molar-refractivity contribution in [2.24, 2.45) is 5.92 Å². The number of hydrogen-bond acceptors (Lipinski definition) is 6. The number of fused-ring (bicyclic) bond motifs is 2. The van der Waals surface area contributed by atoms with Crippen molar-refractivity contribution in [3.8, 4) is 11.8 Å². The summed E-state index contributed by atoms with van der Waals surface area (Å²) in [5.41, 5.74) is 3.48. The third kappa shape index (κ3) is 4.26. The normalized spacial score (nSPS) is 15.7. The number of hydrogen-bond donors (Lipinski definition) is 2. The summed E-state index contributed by atoms with van der Waals surface area (Å²) >= 11 is 2.89. The van der Waals surface area contributed by atoms with Gasteiger partial charge in [-0.15, -0.1) is 11.3 Å². The SMILES string of the molecule is CCOc1ccc2nc(SCC(=O)Nc3sc4c(c3C#N)CC[C@@H](C)C4)[nH]c2c1. The first-order valence-corrected chi connectivity index (χ1v) is 11.5. The van der Waals surface area contributed by atoms with Crippen LogP contribution in [-0.2, 0) is 17.6 Å². The fourth-order valence-electron chi connectivity index (χ4n) is 3.54. The van der Waals surface area contributed by atoms with Crippen LogP contribution in [0.5, 0.6) is 5.75 Å². The number of ether oxygens (including phenoxy) is 1. The van der Waals surface area contributed by atoms with Crippen LogP contribution in [0.1, 0.15) is 36.3 Å². The van der Waals surface area contributed by atoms with Crippen molar-refractivity contribution in [1.82, 2.24) is 9.97 Å². The summed E-state index contributed by atoms with van der Waals surface area (Å²) in [5, 5.41) is 13.9. The predicted octanol–water partition coefficient (Wildman–Crippen LogP) is 4.75. The van der Waals surface area contributed by atoms with Crippen LogP contribution in [0.3, 0.4) is 0 Å². The molecule has 2 heterocycles. The molecule has 150 valence electrons. The van der Waals surface area contributed by atoms with Gasteiger partial charge in [0.25, 0.3) is 0 Å². The lowest BCUT2D eigenvalue weighted by Gasteiger charge is -2.17. The van der Waals surface area contributed by atoms with E-state index in [4.69, 9.17) is 4.74 Å². The van der Waals surface area contributed by atoms with Crippen LogP contribution in [0, 0.1) is 17.2 Å². The van der Waals surface area contributed by atoms with Crippen molar-refractivity contribution in [3.05, 3.63) is 34.2 Å². The van der Waals surface area contributed by atoms with Gasteiger partial charge in [0.05, 0.1) is 29.0 Å². The van der Waals surface area contributed by atoms with E-state index in [9.17, 15) is 10.1 Å². The second-order valence-corrected chi connectivity index (χ2v) is 9.23. The number of nitriles is 1. The van der Waals surface area contributed by atoms with Crippen molar-refractivity contribution in [3.63, 3.8) is 0 Å². The van der Waals surface area contributed by atoms with Crippen LogP contribution in [-0.4, -0.2) is 28.2 Å². The number of H-pyrrole nitrogens is 1. The standard InChI is InChI=1S/C21H22N4O2S2/c1-3-27-13-5-7-16-17(9-13)24-21(23-16)28-11-19(26)25-20-15(10-22)14-6-4-12(2)8-18(14)29-20/h5,7,9,12H,3-4,6,8,11H2,1-2H3,(H,23,24)(H,25,26)/t12-/m1/s1. The number of imidazole rings is 1. The van der Waals surface area contributed by atoms with Crippen molar-refractivity contribution in [2.45, 2.75) is 38.3 Å². The second kappa shape index (κ2) is 8.47. The Morgan fingerprint density at radius 1 is 1.52 bits per heavy atom. The molecular weight excluding hydrogens is 404 g/mol. The predicted molar refractivity (Wildman–Crippen MR) is 117 cm³/mol. The summed E-state index contributed by atoms with van der Waals surface area (Å²) in [7, 11) is 0. The highest BCUT2D eigenvalue weighted by Gasteiger charge is 2.24. The van der Waals surface area contributed by atoms with Gasteiger partial charge >= 0.3 is 0 Å². The first kappa shape index (κ1) is 19.8. The van der Waals surface area contributed by atoms with E-state index in [2.05, 4.69) is 28.3 Å². The number of nitrogens with one attached hydrogen (secondary N) is 2. The molecule has 6 nitrogen and oxygen atoms in total. The molecule has 0 aliphatic heterocycles. The van der Waals surface area contributed by atoms with Gasteiger partial charge in [-0.3, -0.25) is 4.79 Å². The summed E-state index contributed by atoms with van der Waals surface area (Å²) in [6, 6.07) is 7.98. The number of benzene rings is 1. The lowest BCUT2D eigenvalue weighted by atomic mass is 9.89. The molecular formula is C21H22N4O2S2. The van der Waals surface area contributed by atoms with E-state index in [1.165, 1.54) is 16.6 Å². The van der Waals surface area contributed by atoms with Crippen LogP contribution in [0.4, 0.5) is 5.00 Å². The number of aromatic amines is 1. The van der Waals surface area contributed by atoms with Gasteiger partial charge in [0.15, 0.2) is 5.16 Å². The summed E-state index contributed by atoms with van der Waals surface area (Å²) < 4.78 is 5.51. The Balaban J connectivity index is 1.42. The Hall–Kier alpha value is -2.50. The number of carbonyl (C=O) groups is 1. The molecule has 8 heteroatoms. The van der Waals surface area contributed by atoms with Crippen LogP contribution >= 0.6 is 23.1 Å². The summed E-state index contributed by atoms with van der Waals surface area (Å²) in [5.74, 6) is 1.51. The topological polar surface area (TPSA) is 90.8 Å². The highest BCUT2D eigenvalue weighted by Crippen LogP contribution is 2.39. The average Bonchev–Trinajstić information content (AvgIpc) is 3.25. The molecule has 0 saturated heterocycles. The first-order valence-electron chi connectivity index (χ1n) is 9.67. The molecule has 1 aromatic carbocycles. The zero-order valence-corrected chi connectivity index (χ0v) is 18.0. The molecule has 29 heavy (non-hydrogen) atoms. The Morgan fingerprint density at radius 3 is 3.17 bits per heavy atom. The quantitative estimate of drug-likeness (QED) is 0.555. The van der Waals surface area contributed by atoms with Crippen molar-refractivity contribution < 1.29 is 9.53 Å². The molecule has 3 aromatic rings. The number of aromatic nitrogens is 2. The Labute approximate surface area is 177 Å². The molecule has 2 N–H and O–H groups in total. The highest BCUT2D eigenvalue weighted by molar-refractivity contribution is 7.99. The third-order valence-electron chi connectivity index (χ3n) is 4.96. The van der Waals surface area contributed by atoms with Gasteiger partial charge in [0.1, 0.15) is 16.8 Å². The van der Waals surface area contributed by atoms with Gasteiger partial charge in [-0.05, 0) is 49.8 Å². The number of thioether (sulfide) groups is 1. The van der Waals surface area contributed by atoms with Gasteiger partial charge in [-0.2, -0.15) is 5.26 Å². The van der Waals surface area contributed by atoms with Gasteiger partial charge in [-0.25, -0.2) is 4.98 Å². The molecule has 0 unspecified atom stereocenters. The summed E-state index contributed by atoms with van der Waals surface area (Å²) in [6.07, 6.45) is 3.00.